The van der Waals surface area contributed by atoms with E-state index >= 15 is 0 Å². The van der Waals surface area contributed by atoms with Gasteiger partial charge in [-0.1, -0.05) is 13.8 Å². The summed E-state index contributed by atoms with van der Waals surface area (Å²) in [6, 6.07) is 3.33. The van der Waals surface area contributed by atoms with E-state index in [4.69, 9.17) is 5.73 Å². The molecule has 4 heteroatoms. The van der Waals surface area contributed by atoms with Crippen molar-refractivity contribution < 1.29 is 4.39 Å². The molecule has 0 aliphatic carbocycles. The summed E-state index contributed by atoms with van der Waals surface area (Å²) >= 11 is 3.15. The zero-order valence-electron chi connectivity index (χ0n) is 9.85. The second kappa shape index (κ2) is 5.53. The zero-order chi connectivity index (χ0) is 12.3. The fourth-order valence-electron chi connectivity index (χ4n) is 1.72. The maximum atomic E-state index is 13.2. The van der Waals surface area contributed by atoms with Gasteiger partial charge in [-0.05, 0) is 41.3 Å². The van der Waals surface area contributed by atoms with Crippen molar-refractivity contribution >= 4 is 27.3 Å². The summed E-state index contributed by atoms with van der Waals surface area (Å²) < 4.78 is 13.6. The number of nitrogen functional groups attached to an aromatic ring is 1. The third-order valence-corrected chi connectivity index (χ3v) is 2.93. The predicted octanol–water partition coefficient (Wildman–Crippen LogP) is 4.02. The third-order valence-electron chi connectivity index (χ3n) is 2.32. The Balaban J connectivity index is 2.77. The molecule has 0 aromatic heterocycles. The summed E-state index contributed by atoms with van der Waals surface area (Å²) in [6.45, 7) is 6.43. The number of nitrogens with two attached hydrogens (primary N) is 1. The first-order valence-electron chi connectivity index (χ1n) is 5.41. The molecule has 0 spiro atoms. The van der Waals surface area contributed by atoms with Crippen LogP contribution in [0.15, 0.2) is 16.6 Å². The van der Waals surface area contributed by atoms with Crippen LogP contribution in [0.3, 0.4) is 0 Å². The molecule has 1 atom stereocenters. The lowest BCUT2D eigenvalue weighted by Crippen LogP contribution is -2.18. The minimum absolute atomic E-state index is 0.319. The summed E-state index contributed by atoms with van der Waals surface area (Å²) in [7, 11) is 0. The molecule has 1 aromatic rings. The number of anilines is 2. The second-order valence-electron chi connectivity index (χ2n) is 4.53. The van der Waals surface area contributed by atoms with E-state index < -0.39 is 0 Å². The van der Waals surface area contributed by atoms with Gasteiger partial charge in [0.1, 0.15) is 5.82 Å². The number of halogens is 2. The van der Waals surface area contributed by atoms with Crippen molar-refractivity contribution in [2.45, 2.75) is 33.2 Å². The SMILES string of the molecule is CC(C)CC(C)Nc1cc(Br)c(F)cc1N. The maximum absolute atomic E-state index is 13.2. The Morgan fingerprint density at radius 2 is 2.00 bits per heavy atom. The van der Waals surface area contributed by atoms with E-state index in [1.807, 2.05) is 0 Å². The van der Waals surface area contributed by atoms with Crippen molar-refractivity contribution in [3.8, 4) is 0 Å². The fraction of sp³-hybridized carbons (Fsp3) is 0.500. The molecule has 90 valence electrons. The molecule has 0 radical (unpaired) electrons. The number of hydrogen-bond acceptors (Lipinski definition) is 2. The van der Waals surface area contributed by atoms with Gasteiger partial charge in [0.2, 0.25) is 0 Å². The lowest BCUT2D eigenvalue weighted by molar-refractivity contribution is 0.539. The molecule has 2 nitrogen and oxygen atoms in total. The van der Waals surface area contributed by atoms with Gasteiger partial charge in [-0.2, -0.15) is 0 Å². The van der Waals surface area contributed by atoms with Crippen LogP contribution in [0.1, 0.15) is 27.2 Å². The lowest BCUT2D eigenvalue weighted by atomic mass is 10.0. The van der Waals surface area contributed by atoms with Gasteiger partial charge in [0.05, 0.1) is 15.8 Å². The van der Waals surface area contributed by atoms with Crippen molar-refractivity contribution in [3.63, 3.8) is 0 Å². The van der Waals surface area contributed by atoms with E-state index in [1.54, 1.807) is 6.07 Å². The summed E-state index contributed by atoms with van der Waals surface area (Å²) in [5, 5.41) is 3.29. The molecule has 0 bridgehead atoms. The van der Waals surface area contributed by atoms with Crippen molar-refractivity contribution in [3.05, 3.63) is 22.4 Å². The molecule has 1 rings (SSSR count). The van der Waals surface area contributed by atoms with Gasteiger partial charge in [-0.15, -0.1) is 0 Å². The Labute approximate surface area is 105 Å². The summed E-state index contributed by atoms with van der Waals surface area (Å²) in [5.41, 5.74) is 6.97. The number of benzene rings is 1. The quantitative estimate of drug-likeness (QED) is 0.822. The molecule has 0 aliphatic heterocycles. The molecule has 0 amide bonds. The van der Waals surface area contributed by atoms with Crippen LogP contribution in [0.5, 0.6) is 0 Å². The van der Waals surface area contributed by atoms with Gasteiger partial charge < -0.3 is 11.1 Å². The topological polar surface area (TPSA) is 38.0 Å². The predicted molar refractivity (Wildman–Crippen MR) is 71.1 cm³/mol. The highest BCUT2D eigenvalue weighted by atomic mass is 79.9. The average molecular weight is 289 g/mol. The molecule has 3 N–H and O–H groups in total. The maximum Gasteiger partial charge on any atom is 0.139 e. The second-order valence-corrected chi connectivity index (χ2v) is 5.38. The van der Waals surface area contributed by atoms with Gasteiger partial charge >= 0.3 is 0 Å². The van der Waals surface area contributed by atoms with E-state index in [0.29, 0.717) is 22.1 Å². The number of hydrogen-bond donors (Lipinski definition) is 2. The Bertz CT molecular complexity index is 366. The van der Waals surface area contributed by atoms with Crippen LogP contribution in [0, 0.1) is 11.7 Å². The minimum atomic E-state index is -0.334. The molecule has 0 saturated heterocycles. The third kappa shape index (κ3) is 3.67. The highest BCUT2D eigenvalue weighted by Gasteiger charge is 2.09. The molecule has 1 aromatic carbocycles. The first-order chi connectivity index (χ1) is 7.40. The zero-order valence-corrected chi connectivity index (χ0v) is 11.4. The van der Waals surface area contributed by atoms with Crippen LogP contribution in [0.4, 0.5) is 15.8 Å². The molecule has 1 unspecified atom stereocenters. The molecule has 0 saturated carbocycles. The Hall–Kier alpha value is -0.770. The monoisotopic (exact) mass is 288 g/mol. The van der Waals surface area contributed by atoms with Gasteiger partial charge in [0.25, 0.3) is 0 Å². The first-order valence-corrected chi connectivity index (χ1v) is 6.20. The van der Waals surface area contributed by atoms with Crippen LogP contribution in [0.2, 0.25) is 0 Å². The van der Waals surface area contributed by atoms with Crippen LogP contribution in [-0.4, -0.2) is 6.04 Å². The van der Waals surface area contributed by atoms with Gasteiger partial charge in [-0.25, -0.2) is 4.39 Å². The fourth-order valence-corrected chi connectivity index (χ4v) is 2.06. The Morgan fingerprint density at radius 3 is 2.56 bits per heavy atom. The van der Waals surface area contributed by atoms with Crippen molar-refractivity contribution in [1.29, 1.82) is 0 Å². The molecule has 0 fully saturated rings. The van der Waals surface area contributed by atoms with Crippen molar-refractivity contribution in [2.24, 2.45) is 5.92 Å². The van der Waals surface area contributed by atoms with E-state index in [1.165, 1.54) is 6.07 Å². The molecular formula is C12H18BrFN2. The largest absolute Gasteiger partial charge is 0.397 e. The van der Waals surface area contributed by atoms with Crippen LogP contribution in [0.25, 0.3) is 0 Å². The van der Waals surface area contributed by atoms with E-state index in [2.05, 4.69) is 42.0 Å². The summed E-state index contributed by atoms with van der Waals surface area (Å²) in [4.78, 5) is 0. The van der Waals surface area contributed by atoms with Gasteiger partial charge in [-0.3, -0.25) is 0 Å². The van der Waals surface area contributed by atoms with Crippen LogP contribution in [-0.2, 0) is 0 Å². The molecule has 0 aliphatic rings. The van der Waals surface area contributed by atoms with Gasteiger partial charge in [0.15, 0.2) is 0 Å². The highest BCUT2D eigenvalue weighted by Crippen LogP contribution is 2.27. The number of rotatable bonds is 4. The Kier molecular flexibility index (Phi) is 4.59. The standard InChI is InChI=1S/C12H18BrFN2/c1-7(2)4-8(3)16-12-5-9(13)10(14)6-11(12)15/h5-8,16H,4,15H2,1-3H3. The first kappa shape index (κ1) is 13.3. The van der Waals surface area contributed by atoms with E-state index in [9.17, 15) is 4.39 Å². The smallest absolute Gasteiger partial charge is 0.139 e. The molecular weight excluding hydrogens is 271 g/mol. The van der Waals surface area contributed by atoms with Crippen LogP contribution < -0.4 is 11.1 Å². The van der Waals surface area contributed by atoms with Crippen molar-refractivity contribution in [2.75, 3.05) is 11.1 Å². The molecule has 16 heavy (non-hydrogen) atoms. The summed E-state index contributed by atoms with van der Waals surface area (Å²) in [6.07, 6.45) is 1.05. The number of nitrogens with one attached hydrogen (secondary N) is 1. The molecule has 0 heterocycles. The van der Waals surface area contributed by atoms with Crippen LogP contribution >= 0.6 is 15.9 Å². The van der Waals surface area contributed by atoms with Crippen molar-refractivity contribution in [1.82, 2.24) is 0 Å². The average Bonchev–Trinajstić information content (AvgIpc) is 2.12. The minimum Gasteiger partial charge on any atom is -0.397 e. The normalized spacial score (nSPS) is 12.9. The van der Waals surface area contributed by atoms with E-state index in [-0.39, 0.29) is 5.82 Å². The highest BCUT2D eigenvalue weighted by molar-refractivity contribution is 9.10. The van der Waals surface area contributed by atoms with E-state index in [0.717, 1.165) is 12.1 Å². The summed E-state index contributed by atoms with van der Waals surface area (Å²) in [5.74, 6) is 0.284. The lowest BCUT2D eigenvalue weighted by Gasteiger charge is -2.18. The van der Waals surface area contributed by atoms with Gasteiger partial charge in [0, 0.05) is 12.1 Å². The Morgan fingerprint density at radius 1 is 1.38 bits per heavy atom.